The average molecular weight is 357 g/mol. The fourth-order valence-corrected chi connectivity index (χ4v) is 3.11. The molecule has 0 heterocycles. The van der Waals surface area contributed by atoms with E-state index in [9.17, 15) is 13.2 Å². The third-order valence-corrected chi connectivity index (χ3v) is 4.91. The van der Waals surface area contributed by atoms with Crippen LogP contribution in [-0.2, 0) is 14.8 Å². The van der Waals surface area contributed by atoms with Crippen LogP contribution in [0.25, 0.3) is 0 Å². The number of urea groups is 1. The molecule has 0 unspecified atom stereocenters. The van der Waals surface area contributed by atoms with E-state index in [1.807, 2.05) is 20.8 Å². The van der Waals surface area contributed by atoms with Gasteiger partial charge in [-0.3, -0.25) is 0 Å². The summed E-state index contributed by atoms with van der Waals surface area (Å²) < 4.78 is 32.0. The van der Waals surface area contributed by atoms with Gasteiger partial charge in [-0.15, -0.1) is 0 Å². The van der Waals surface area contributed by atoms with E-state index in [-0.39, 0.29) is 10.9 Å². The number of anilines is 1. The maximum atomic E-state index is 12.2. The second-order valence-electron chi connectivity index (χ2n) is 5.08. The van der Waals surface area contributed by atoms with Gasteiger partial charge in [0.05, 0.1) is 4.90 Å². The summed E-state index contributed by atoms with van der Waals surface area (Å²) in [4.78, 5) is 13.8. The number of rotatable bonds is 10. The Balaban J connectivity index is 2.61. The Kier molecular flexibility index (Phi) is 8.73. The molecule has 0 bridgehead atoms. The van der Waals surface area contributed by atoms with Gasteiger partial charge >= 0.3 is 6.03 Å². The average Bonchev–Trinajstić information content (AvgIpc) is 2.56. The highest BCUT2D eigenvalue weighted by molar-refractivity contribution is 7.89. The third kappa shape index (κ3) is 6.46. The zero-order valence-electron chi connectivity index (χ0n) is 14.5. The van der Waals surface area contributed by atoms with Gasteiger partial charge < -0.3 is 15.0 Å². The Morgan fingerprint density at radius 2 is 1.75 bits per heavy atom. The van der Waals surface area contributed by atoms with Crippen molar-refractivity contribution in [2.75, 3.05) is 38.2 Å². The van der Waals surface area contributed by atoms with Gasteiger partial charge in [-0.2, -0.15) is 0 Å². The number of nitrogens with one attached hydrogen (secondary N) is 2. The van der Waals surface area contributed by atoms with Crippen LogP contribution in [0.5, 0.6) is 0 Å². The minimum atomic E-state index is -3.55. The molecule has 7 nitrogen and oxygen atoms in total. The SMILES string of the molecule is CCOCCCNS(=O)(=O)c1ccc(NC(=O)N(CC)CC)cc1. The van der Waals surface area contributed by atoms with Crippen LogP contribution < -0.4 is 10.0 Å². The maximum absolute atomic E-state index is 12.2. The largest absolute Gasteiger partial charge is 0.382 e. The van der Waals surface area contributed by atoms with Gasteiger partial charge in [0.15, 0.2) is 0 Å². The van der Waals surface area contributed by atoms with E-state index in [0.29, 0.717) is 45.0 Å². The Hall–Kier alpha value is -1.64. The highest BCUT2D eigenvalue weighted by Crippen LogP contribution is 2.14. The molecule has 0 aliphatic carbocycles. The molecule has 0 saturated carbocycles. The van der Waals surface area contributed by atoms with Crippen LogP contribution in [0.2, 0.25) is 0 Å². The molecular formula is C16H27N3O4S. The van der Waals surface area contributed by atoms with E-state index in [4.69, 9.17) is 4.74 Å². The van der Waals surface area contributed by atoms with Crippen molar-refractivity contribution < 1.29 is 17.9 Å². The fourth-order valence-electron chi connectivity index (χ4n) is 2.04. The van der Waals surface area contributed by atoms with Crippen LogP contribution in [-0.4, -0.2) is 52.2 Å². The monoisotopic (exact) mass is 357 g/mol. The number of hydrogen-bond acceptors (Lipinski definition) is 4. The van der Waals surface area contributed by atoms with Crippen LogP contribution in [0.1, 0.15) is 27.2 Å². The Morgan fingerprint density at radius 3 is 2.29 bits per heavy atom. The van der Waals surface area contributed by atoms with Gasteiger partial charge in [-0.25, -0.2) is 17.9 Å². The summed E-state index contributed by atoms with van der Waals surface area (Å²) in [5.41, 5.74) is 0.558. The van der Waals surface area contributed by atoms with Gasteiger partial charge in [-0.1, -0.05) is 0 Å². The van der Waals surface area contributed by atoms with Gasteiger partial charge in [0, 0.05) is 38.5 Å². The molecule has 24 heavy (non-hydrogen) atoms. The second kappa shape index (κ2) is 10.3. The van der Waals surface area contributed by atoms with Gasteiger partial charge in [-0.05, 0) is 51.5 Å². The number of carbonyl (C=O) groups is 1. The number of ether oxygens (including phenoxy) is 1. The molecule has 1 aromatic carbocycles. The van der Waals surface area contributed by atoms with Crippen molar-refractivity contribution in [2.24, 2.45) is 0 Å². The molecule has 0 aliphatic rings. The van der Waals surface area contributed by atoms with Crippen molar-refractivity contribution in [3.63, 3.8) is 0 Å². The first-order chi connectivity index (χ1) is 11.4. The Bertz CT molecular complexity index is 598. The van der Waals surface area contributed by atoms with Crippen molar-refractivity contribution in [3.05, 3.63) is 24.3 Å². The highest BCUT2D eigenvalue weighted by atomic mass is 32.2. The van der Waals surface area contributed by atoms with Crippen molar-refractivity contribution in [1.29, 1.82) is 0 Å². The van der Waals surface area contributed by atoms with E-state index >= 15 is 0 Å². The molecule has 0 saturated heterocycles. The van der Waals surface area contributed by atoms with Crippen molar-refractivity contribution in [3.8, 4) is 0 Å². The lowest BCUT2D eigenvalue weighted by Gasteiger charge is -2.19. The molecule has 1 aromatic rings. The molecule has 1 rings (SSSR count). The molecule has 0 radical (unpaired) electrons. The van der Waals surface area contributed by atoms with Crippen molar-refractivity contribution in [2.45, 2.75) is 32.1 Å². The summed E-state index contributed by atoms with van der Waals surface area (Å²) >= 11 is 0. The van der Waals surface area contributed by atoms with E-state index in [1.165, 1.54) is 12.1 Å². The number of carbonyl (C=O) groups excluding carboxylic acids is 1. The number of hydrogen-bond donors (Lipinski definition) is 2. The molecule has 0 fully saturated rings. The molecule has 0 atom stereocenters. The molecule has 136 valence electrons. The van der Waals surface area contributed by atoms with Crippen LogP contribution >= 0.6 is 0 Å². The summed E-state index contributed by atoms with van der Waals surface area (Å²) in [5, 5.41) is 2.74. The first-order valence-electron chi connectivity index (χ1n) is 8.18. The van der Waals surface area contributed by atoms with Gasteiger partial charge in [0.25, 0.3) is 0 Å². The zero-order chi connectivity index (χ0) is 18.0. The summed E-state index contributed by atoms with van der Waals surface area (Å²) in [6.45, 7) is 8.38. The first-order valence-corrected chi connectivity index (χ1v) is 9.66. The van der Waals surface area contributed by atoms with E-state index in [0.717, 1.165) is 0 Å². The molecule has 2 amide bonds. The smallest absolute Gasteiger partial charge is 0.321 e. The maximum Gasteiger partial charge on any atom is 0.321 e. The van der Waals surface area contributed by atoms with Crippen LogP contribution in [0.4, 0.5) is 10.5 Å². The number of amides is 2. The van der Waals surface area contributed by atoms with E-state index in [2.05, 4.69) is 10.0 Å². The number of sulfonamides is 1. The quantitative estimate of drug-likeness (QED) is 0.629. The topological polar surface area (TPSA) is 87.7 Å². The van der Waals surface area contributed by atoms with Crippen LogP contribution in [0.3, 0.4) is 0 Å². The predicted molar refractivity (Wildman–Crippen MR) is 94.7 cm³/mol. The summed E-state index contributed by atoms with van der Waals surface area (Å²) in [6.07, 6.45) is 0.616. The van der Waals surface area contributed by atoms with Gasteiger partial charge in [0.2, 0.25) is 10.0 Å². The molecule has 0 aromatic heterocycles. The molecule has 0 spiro atoms. The second-order valence-corrected chi connectivity index (χ2v) is 6.84. The van der Waals surface area contributed by atoms with Crippen LogP contribution in [0, 0.1) is 0 Å². The highest BCUT2D eigenvalue weighted by Gasteiger charge is 2.14. The van der Waals surface area contributed by atoms with E-state index < -0.39 is 10.0 Å². The number of nitrogens with zero attached hydrogens (tertiary/aromatic N) is 1. The summed E-state index contributed by atoms with van der Waals surface area (Å²) in [6, 6.07) is 5.90. The van der Waals surface area contributed by atoms with E-state index in [1.54, 1.807) is 17.0 Å². The molecule has 2 N–H and O–H groups in total. The lowest BCUT2D eigenvalue weighted by molar-refractivity contribution is 0.146. The lowest BCUT2D eigenvalue weighted by Crippen LogP contribution is -2.34. The molecular weight excluding hydrogens is 330 g/mol. The zero-order valence-corrected chi connectivity index (χ0v) is 15.4. The third-order valence-electron chi connectivity index (χ3n) is 3.43. The molecule has 0 aliphatic heterocycles. The molecule has 8 heteroatoms. The Labute approximate surface area is 144 Å². The minimum Gasteiger partial charge on any atom is -0.382 e. The fraction of sp³-hybridized carbons (Fsp3) is 0.562. The summed E-state index contributed by atoms with van der Waals surface area (Å²) in [7, 11) is -3.55. The standard InChI is InChI=1S/C16H27N3O4S/c1-4-19(5-2)16(20)18-14-8-10-15(11-9-14)24(21,22)17-12-7-13-23-6-3/h8-11,17H,4-7,12-13H2,1-3H3,(H,18,20). The predicted octanol–water partition coefficient (Wildman–Crippen LogP) is 2.27. The minimum absolute atomic E-state index is 0.166. The van der Waals surface area contributed by atoms with Crippen LogP contribution in [0.15, 0.2) is 29.2 Å². The van der Waals surface area contributed by atoms with Crippen molar-refractivity contribution in [1.82, 2.24) is 9.62 Å². The normalized spacial score (nSPS) is 11.3. The Morgan fingerprint density at radius 1 is 1.12 bits per heavy atom. The summed E-state index contributed by atoms with van der Waals surface area (Å²) in [5.74, 6) is 0. The van der Waals surface area contributed by atoms with Gasteiger partial charge in [0.1, 0.15) is 0 Å². The first kappa shape index (κ1) is 20.4. The van der Waals surface area contributed by atoms with Crippen molar-refractivity contribution >= 4 is 21.7 Å². The number of benzene rings is 1. The lowest BCUT2D eigenvalue weighted by atomic mass is 10.3.